The van der Waals surface area contributed by atoms with Crippen molar-refractivity contribution >= 4 is 11.6 Å². The first-order valence-corrected chi connectivity index (χ1v) is 6.74. The van der Waals surface area contributed by atoms with Crippen LogP contribution in [0.1, 0.15) is 29.7 Å². The lowest BCUT2D eigenvalue weighted by atomic mass is 9.97. The number of aryl methyl sites for hydroxylation is 1. The predicted molar refractivity (Wildman–Crippen MR) is 78.1 cm³/mol. The normalized spacial score (nSPS) is 12.4. The molecule has 0 aliphatic heterocycles. The van der Waals surface area contributed by atoms with Gasteiger partial charge < -0.3 is 5.32 Å². The summed E-state index contributed by atoms with van der Waals surface area (Å²) in [5.41, 5.74) is 3.17. The van der Waals surface area contributed by atoms with E-state index in [0.717, 1.165) is 28.3 Å². The lowest BCUT2D eigenvalue weighted by Crippen LogP contribution is -2.22. The summed E-state index contributed by atoms with van der Waals surface area (Å²) in [6.45, 7) is 4.85. The summed E-state index contributed by atoms with van der Waals surface area (Å²) in [6.07, 6.45) is 0. The third-order valence-corrected chi connectivity index (χ3v) is 3.55. The van der Waals surface area contributed by atoms with Crippen molar-refractivity contribution in [3.8, 4) is 0 Å². The highest BCUT2D eigenvalue weighted by atomic mass is 35.5. The molecule has 0 saturated heterocycles. The Morgan fingerprint density at radius 1 is 1.11 bits per heavy atom. The van der Waals surface area contributed by atoms with E-state index in [9.17, 15) is 4.39 Å². The molecular formula is C16H17ClFN. The fourth-order valence-electron chi connectivity index (χ4n) is 2.08. The summed E-state index contributed by atoms with van der Waals surface area (Å²) >= 11 is 6.18. The van der Waals surface area contributed by atoms with Crippen molar-refractivity contribution in [3.05, 3.63) is 70.0 Å². The zero-order valence-corrected chi connectivity index (χ0v) is 11.8. The van der Waals surface area contributed by atoms with E-state index in [2.05, 4.69) is 11.4 Å². The molecule has 0 fully saturated rings. The van der Waals surface area contributed by atoms with Crippen LogP contribution in [0.5, 0.6) is 0 Å². The molecule has 19 heavy (non-hydrogen) atoms. The van der Waals surface area contributed by atoms with E-state index in [4.69, 9.17) is 11.6 Å². The second kappa shape index (κ2) is 6.18. The van der Waals surface area contributed by atoms with Gasteiger partial charge in [0.1, 0.15) is 5.82 Å². The maximum absolute atomic E-state index is 13.0. The van der Waals surface area contributed by atoms with E-state index < -0.39 is 0 Å². The van der Waals surface area contributed by atoms with Crippen molar-refractivity contribution < 1.29 is 4.39 Å². The Kier molecular flexibility index (Phi) is 4.56. The Labute approximate surface area is 118 Å². The summed E-state index contributed by atoms with van der Waals surface area (Å²) in [7, 11) is 0. The van der Waals surface area contributed by atoms with E-state index in [-0.39, 0.29) is 11.9 Å². The lowest BCUT2D eigenvalue weighted by molar-refractivity contribution is 0.613. The summed E-state index contributed by atoms with van der Waals surface area (Å²) in [5, 5.41) is 4.15. The molecule has 3 heteroatoms. The molecule has 0 aliphatic rings. The molecule has 0 spiro atoms. The maximum Gasteiger partial charge on any atom is 0.123 e. The molecule has 0 bridgehead atoms. The maximum atomic E-state index is 13.0. The number of benzene rings is 2. The highest BCUT2D eigenvalue weighted by Gasteiger charge is 2.13. The standard InChI is InChI=1S/C16H17ClFN/c1-3-19-16(12-6-8-14(18)9-7-12)13-5-4-11(2)15(17)10-13/h4-10,16,19H,3H2,1-2H3. The fourth-order valence-corrected chi connectivity index (χ4v) is 2.27. The van der Waals surface area contributed by atoms with Gasteiger partial charge in [0.05, 0.1) is 6.04 Å². The van der Waals surface area contributed by atoms with Gasteiger partial charge in [0, 0.05) is 5.02 Å². The van der Waals surface area contributed by atoms with Gasteiger partial charge >= 0.3 is 0 Å². The molecule has 100 valence electrons. The first-order chi connectivity index (χ1) is 9.11. The van der Waals surface area contributed by atoms with Crippen molar-refractivity contribution in [2.24, 2.45) is 0 Å². The molecule has 0 saturated carbocycles. The third kappa shape index (κ3) is 3.34. The number of halogens is 2. The summed E-state index contributed by atoms with van der Waals surface area (Å²) in [4.78, 5) is 0. The largest absolute Gasteiger partial charge is 0.307 e. The zero-order valence-electron chi connectivity index (χ0n) is 11.1. The molecule has 1 unspecified atom stereocenters. The van der Waals surface area contributed by atoms with Crippen LogP contribution >= 0.6 is 11.6 Å². The molecule has 1 N–H and O–H groups in total. The highest BCUT2D eigenvalue weighted by Crippen LogP contribution is 2.26. The predicted octanol–water partition coefficient (Wildman–Crippen LogP) is 4.49. The minimum Gasteiger partial charge on any atom is -0.307 e. The first-order valence-electron chi connectivity index (χ1n) is 6.36. The number of hydrogen-bond acceptors (Lipinski definition) is 1. The summed E-state index contributed by atoms with van der Waals surface area (Å²) in [6, 6.07) is 12.6. The number of nitrogens with one attached hydrogen (secondary N) is 1. The van der Waals surface area contributed by atoms with Crippen LogP contribution in [0.15, 0.2) is 42.5 Å². The average molecular weight is 278 g/mol. The molecule has 0 radical (unpaired) electrons. The Balaban J connectivity index is 2.38. The molecule has 2 rings (SSSR count). The fraction of sp³-hybridized carbons (Fsp3) is 0.250. The van der Waals surface area contributed by atoms with Gasteiger partial charge in [-0.1, -0.05) is 42.8 Å². The molecule has 0 heterocycles. The van der Waals surface area contributed by atoms with Crippen LogP contribution in [-0.4, -0.2) is 6.54 Å². The van der Waals surface area contributed by atoms with Crippen LogP contribution in [0.25, 0.3) is 0 Å². The van der Waals surface area contributed by atoms with Gasteiger partial charge in [-0.05, 0) is 48.4 Å². The van der Waals surface area contributed by atoms with Gasteiger partial charge in [0.15, 0.2) is 0 Å². The van der Waals surface area contributed by atoms with Gasteiger partial charge in [0.2, 0.25) is 0 Å². The van der Waals surface area contributed by atoms with Crippen molar-refractivity contribution in [1.29, 1.82) is 0 Å². The molecule has 0 aliphatic carbocycles. The van der Waals surface area contributed by atoms with Crippen molar-refractivity contribution in [1.82, 2.24) is 5.32 Å². The summed E-state index contributed by atoms with van der Waals surface area (Å²) < 4.78 is 13.0. The lowest BCUT2D eigenvalue weighted by Gasteiger charge is -2.19. The Hall–Kier alpha value is -1.38. The molecular weight excluding hydrogens is 261 g/mol. The molecule has 2 aromatic carbocycles. The van der Waals surface area contributed by atoms with Crippen LogP contribution in [-0.2, 0) is 0 Å². The van der Waals surface area contributed by atoms with E-state index in [0.29, 0.717) is 0 Å². The van der Waals surface area contributed by atoms with Gasteiger partial charge in [-0.3, -0.25) is 0 Å². The summed E-state index contributed by atoms with van der Waals surface area (Å²) in [5.74, 6) is -0.221. The van der Waals surface area contributed by atoms with Gasteiger partial charge in [-0.25, -0.2) is 4.39 Å². The van der Waals surface area contributed by atoms with Crippen molar-refractivity contribution in [3.63, 3.8) is 0 Å². The van der Waals surface area contributed by atoms with Crippen LogP contribution in [0, 0.1) is 12.7 Å². The average Bonchev–Trinajstić information content (AvgIpc) is 2.41. The quantitative estimate of drug-likeness (QED) is 0.868. The molecule has 2 aromatic rings. The smallest absolute Gasteiger partial charge is 0.123 e. The Morgan fingerprint density at radius 2 is 1.74 bits per heavy atom. The minimum atomic E-state index is -0.221. The van der Waals surface area contributed by atoms with Gasteiger partial charge in [0.25, 0.3) is 0 Å². The molecule has 1 atom stereocenters. The van der Waals surface area contributed by atoms with E-state index in [1.54, 1.807) is 12.1 Å². The van der Waals surface area contributed by atoms with Gasteiger partial charge in [-0.2, -0.15) is 0 Å². The Bertz CT molecular complexity index is 551. The minimum absolute atomic E-state index is 0.0312. The molecule has 0 amide bonds. The molecule has 1 nitrogen and oxygen atoms in total. The topological polar surface area (TPSA) is 12.0 Å². The van der Waals surface area contributed by atoms with E-state index in [1.807, 2.05) is 26.0 Å². The van der Waals surface area contributed by atoms with Crippen LogP contribution in [0.2, 0.25) is 5.02 Å². The second-order valence-electron chi connectivity index (χ2n) is 4.55. The van der Waals surface area contributed by atoms with Crippen molar-refractivity contribution in [2.45, 2.75) is 19.9 Å². The highest BCUT2D eigenvalue weighted by molar-refractivity contribution is 6.31. The second-order valence-corrected chi connectivity index (χ2v) is 4.96. The zero-order chi connectivity index (χ0) is 13.8. The Morgan fingerprint density at radius 3 is 2.32 bits per heavy atom. The monoisotopic (exact) mass is 277 g/mol. The number of hydrogen-bond donors (Lipinski definition) is 1. The van der Waals surface area contributed by atoms with Crippen molar-refractivity contribution in [2.75, 3.05) is 6.54 Å². The SMILES string of the molecule is CCNC(c1ccc(F)cc1)c1ccc(C)c(Cl)c1. The molecule has 0 aromatic heterocycles. The van der Waals surface area contributed by atoms with Crippen LogP contribution in [0.4, 0.5) is 4.39 Å². The van der Waals surface area contributed by atoms with Crippen LogP contribution < -0.4 is 5.32 Å². The first kappa shape index (κ1) is 14.0. The third-order valence-electron chi connectivity index (χ3n) is 3.14. The van der Waals surface area contributed by atoms with E-state index in [1.165, 1.54) is 12.1 Å². The van der Waals surface area contributed by atoms with E-state index >= 15 is 0 Å². The van der Waals surface area contributed by atoms with Gasteiger partial charge in [-0.15, -0.1) is 0 Å². The number of rotatable bonds is 4. The van der Waals surface area contributed by atoms with Crippen LogP contribution in [0.3, 0.4) is 0 Å².